The lowest BCUT2D eigenvalue weighted by molar-refractivity contribution is -0.138. The van der Waals surface area contributed by atoms with Crippen LogP contribution in [0.4, 0.5) is 0 Å². The molecule has 1 unspecified atom stereocenters. The minimum atomic E-state index is -3.68. The average molecular weight is 417 g/mol. The van der Waals surface area contributed by atoms with E-state index >= 15 is 0 Å². The van der Waals surface area contributed by atoms with Crippen molar-refractivity contribution in [1.29, 1.82) is 0 Å². The third-order valence-electron chi connectivity index (χ3n) is 4.55. The van der Waals surface area contributed by atoms with Crippen molar-refractivity contribution < 1.29 is 17.9 Å². The lowest BCUT2D eigenvalue weighted by Crippen LogP contribution is -2.50. The maximum Gasteiger partial charge on any atom is 0.243 e. The van der Waals surface area contributed by atoms with Crippen LogP contribution in [-0.4, -0.2) is 62.4 Å². The fraction of sp³-hybridized carbons (Fsp3) is 0.562. The highest BCUT2D eigenvalue weighted by Gasteiger charge is 2.41. The first kappa shape index (κ1) is 17.8. The van der Waals surface area contributed by atoms with Gasteiger partial charge >= 0.3 is 0 Å². The Morgan fingerprint density at radius 2 is 1.96 bits per heavy atom. The molecule has 0 saturated carbocycles. The predicted molar refractivity (Wildman–Crippen MR) is 93.2 cm³/mol. The number of nitrogens with zero attached hydrogens (tertiary/aromatic N) is 2. The smallest absolute Gasteiger partial charge is 0.243 e. The van der Waals surface area contributed by atoms with Crippen molar-refractivity contribution in [2.75, 3.05) is 32.8 Å². The van der Waals surface area contributed by atoms with Crippen LogP contribution in [0.3, 0.4) is 0 Å². The van der Waals surface area contributed by atoms with Crippen LogP contribution < -0.4 is 0 Å². The first-order valence-corrected chi connectivity index (χ1v) is 10.3. The van der Waals surface area contributed by atoms with Gasteiger partial charge in [-0.25, -0.2) is 8.42 Å². The Labute approximate surface area is 150 Å². The van der Waals surface area contributed by atoms with Gasteiger partial charge in [-0.05, 0) is 43.5 Å². The maximum atomic E-state index is 13.0. The molecule has 1 amide bonds. The standard InChI is InChI=1S/C16H21BrN2O4S/c1-12-11-13(4-5-14(12)17)24(21,22)19-6-2-3-15(19)16(20)18-7-9-23-10-8-18/h4-5,11,15H,2-3,6-10H2,1H3. The summed E-state index contributed by atoms with van der Waals surface area (Å²) in [6.07, 6.45) is 1.28. The molecular formula is C16H21BrN2O4S. The van der Waals surface area contributed by atoms with Gasteiger partial charge in [-0.3, -0.25) is 4.79 Å². The second kappa shape index (κ2) is 7.11. The Kier molecular flexibility index (Phi) is 5.29. The van der Waals surface area contributed by atoms with Gasteiger partial charge in [-0.15, -0.1) is 0 Å². The number of hydrogen-bond acceptors (Lipinski definition) is 4. The van der Waals surface area contributed by atoms with E-state index in [0.717, 1.165) is 10.0 Å². The molecule has 2 aliphatic heterocycles. The van der Waals surface area contributed by atoms with Crippen LogP contribution in [0.25, 0.3) is 0 Å². The molecule has 2 fully saturated rings. The summed E-state index contributed by atoms with van der Waals surface area (Å²) in [5, 5.41) is 0. The molecule has 1 aromatic rings. The lowest BCUT2D eigenvalue weighted by atomic mass is 10.2. The third kappa shape index (κ3) is 3.37. The summed E-state index contributed by atoms with van der Waals surface area (Å²) in [5.41, 5.74) is 0.853. The molecule has 0 aliphatic carbocycles. The monoisotopic (exact) mass is 416 g/mol. The van der Waals surface area contributed by atoms with Gasteiger partial charge in [0.2, 0.25) is 15.9 Å². The van der Waals surface area contributed by atoms with E-state index in [1.54, 1.807) is 23.1 Å². The number of carbonyl (C=O) groups is 1. The van der Waals surface area contributed by atoms with Gasteiger partial charge in [0.1, 0.15) is 6.04 Å². The van der Waals surface area contributed by atoms with Crippen LogP contribution in [0.2, 0.25) is 0 Å². The number of halogens is 1. The molecule has 2 heterocycles. The SMILES string of the molecule is Cc1cc(S(=O)(=O)N2CCCC2C(=O)N2CCOCC2)ccc1Br. The Hall–Kier alpha value is -0.960. The largest absolute Gasteiger partial charge is 0.378 e. The summed E-state index contributed by atoms with van der Waals surface area (Å²) < 4.78 is 33.5. The van der Waals surface area contributed by atoms with Crippen molar-refractivity contribution >= 4 is 31.9 Å². The van der Waals surface area contributed by atoms with E-state index in [2.05, 4.69) is 15.9 Å². The van der Waals surface area contributed by atoms with Gasteiger partial charge in [-0.2, -0.15) is 4.31 Å². The Morgan fingerprint density at radius 1 is 1.25 bits per heavy atom. The molecular weight excluding hydrogens is 396 g/mol. The zero-order valence-corrected chi connectivity index (χ0v) is 16.0. The van der Waals surface area contributed by atoms with E-state index in [-0.39, 0.29) is 10.8 Å². The Balaban J connectivity index is 1.85. The molecule has 0 spiro atoms. The first-order valence-electron chi connectivity index (χ1n) is 8.06. The van der Waals surface area contributed by atoms with Gasteiger partial charge in [0.05, 0.1) is 18.1 Å². The van der Waals surface area contributed by atoms with E-state index in [1.807, 2.05) is 6.92 Å². The number of morpholine rings is 1. The summed E-state index contributed by atoms with van der Waals surface area (Å²) in [7, 11) is -3.68. The van der Waals surface area contributed by atoms with Crippen LogP contribution in [0.1, 0.15) is 18.4 Å². The van der Waals surface area contributed by atoms with E-state index in [4.69, 9.17) is 4.74 Å². The molecule has 0 aromatic heterocycles. The minimum absolute atomic E-state index is 0.104. The number of ether oxygens (including phenoxy) is 1. The summed E-state index contributed by atoms with van der Waals surface area (Å²) in [5.74, 6) is -0.104. The molecule has 132 valence electrons. The highest BCUT2D eigenvalue weighted by atomic mass is 79.9. The van der Waals surface area contributed by atoms with Gasteiger partial charge in [0.25, 0.3) is 0 Å². The van der Waals surface area contributed by atoms with E-state index < -0.39 is 16.1 Å². The molecule has 0 radical (unpaired) electrons. The molecule has 8 heteroatoms. The molecule has 2 aliphatic rings. The highest BCUT2D eigenvalue weighted by Crippen LogP contribution is 2.29. The minimum Gasteiger partial charge on any atom is -0.378 e. The predicted octanol–water partition coefficient (Wildman–Crippen LogP) is 1.77. The second-order valence-electron chi connectivity index (χ2n) is 6.12. The summed E-state index contributed by atoms with van der Waals surface area (Å²) in [6.45, 7) is 4.32. The first-order chi connectivity index (χ1) is 11.4. The number of aryl methyl sites for hydroxylation is 1. The van der Waals surface area contributed by atoms with Crippen molar-refractivity contribution in [2.24, 2.45) is 0 Å². The molecule has 24 heavy (non-hydrogen) atoms. The third-order valence-corrected chi connectivity index (χ3v) is 7.34. The number of carbonyl (C=O) groups excluding carboxylic acids is 1. The topological polar surface area (TPSA) is 66.9 Å². The average Bonchev–Trinajstić information content (AvgIpc) is 3.08. The molecule has 2 saturated heterocycles. The van der Waals surface area contributed by atoms with Gasteiger partial charge in [-0.1, -0.05) is 15.9 Å². The number of benzene rings is 1. The van der Waals surface area contributed by atoms with Crippen molar-refractivity contribution in [1.82, 2.24) is 9.21 Å². The molecule has 1 aromatic carbocycles. The maximum absolute atomic E-state index is 13.0. The van der Waals surface area contributed by atoms with Crippen LogP contribution in [0.5, 0.6) is 0 Å². The summed E-state index contributed by atoms with van der Waals surface area (Å²) in [4.78, 5) is 14.7. The van der Waals surface area contributed by atoms with Crippen LogP contribution in [-0.2, 0) is 19.6 Å². The van der Waals surface area contributed by atoms with Gasteiger partial charge in [0, 0.05) is 24.1 Å². The molecule has 6 nitrogen and oxygen atoms in total. The number of rotatable bonds is 3. The Morgan fingerprint density at radius 3 is 2.62 bits per heavy atom. The van der Waals surface area contributed by atoms with Crippen LogP contribution in [0, 0.1) is 6.92 Å². The zero-order valence-electron chi connectivity index (χ0n) is 13.6. The number of amides is 1. The molecule has 1 atom stereocenters. The van der Waals surface area contributed by atoms with E-state index in [9.17, 15) is 13.2 Å². The second-order valence-corrected chi connectivity index (χ2v) is 8.87. The van der Waals surface area contributed by atoms with Crippen molar-refractivity contribution in [2.45, 2.75) is 30.7 Å². The fourth-order valence-corrected chi connectivity index (χ4v) is 5.17. The molecule has 3 rings (SSSR count). The highest BCUT2D eigenvalue weighted by molar-refractivity contribution is 9.10. The lowest BCUT2D eigenvalue weighted by Gasteiger charge is -2.32. The molecule has 0 bridgehead atoms. The summed E-state index contributed by atoms with van der Waals surface area (Å²) in [6, 6.07) is 4.36. The number of sulfonamides is 1. The van der Waals surface area contributed by atoms with Gasteiger partial charge in [0.15, 0.2) is 0 Å². The van der Waals surface area contributed by atoms with Crippen LogP contribution in [0.15, 0.2) is 27.6 Å². The molecule has 0 N–H and O–H groups in total. The Bertz CT molecular complexity index is 732. The van der Waals surface area contributed by atoms with Gasteiger partial charge < -0.3 is 9.64 Å². The van der Waals surface area contributed by atoms with E-state index in [1.165, 1.54) is 4.31 Å². The number of hydrogen-bond donors (Lipinski definition) is 0. The van der Waals surface area contributed by atoms with Crippen molar-refractivity contribution in [3.8, 4) is 0 Å². The van der Waals surface area contributed by atoms with Crippen molar-refractivity contribution in [3.63, 3.8) is 0 Å². The normalized spacial score (nSPS) is 22.8. The fourth-order valence-electron chi connectivity index (χ4n) is 3.18. The van der Waals surface area contributed by atoms with E-state index in [0.29, 0.717) is 45.7 Å². The van der Waals surface area contributed by atoms with Crippen molar-refractivity contribution in [3.05, 3.63) is 28.2 Å². The summed E-state index contributed by atoms with van der Waals surface area (Å²) >= 11 is 3.39. The quantitative estimate of drug-likeness (QED) is 0.752. The van der Waals surface area contributed by atoms with Crippen LogP contribution >= 0.6 is 15.9 Å². The zero-order chi connectivity index (χ0) is 17.3.